The van der Waals surface area contributed by atoms with Gasteiger partial charge in [-0.2, -0.15) is 5.26 Å². The maximum Gasteiger partial charge on any atom is 0.224 e. The first-order chi connectivity index (χ1) is 16.5. The summed E-state index contributed by atoms with van der Waals surface area (Å²) in [5, 5.41) is 14.7. The zero-order chi connectivity index (χ0) is 24.0. The molecule has 0 bridgehead atoms. The van der Waals surface area contributed by atoms with Crippen LogP contribution in [0.1, 0.15) is 25.7 Å². The third kappa shape index (κ3) is 5.78. The van der Waals surface area contributed by atoms with Crippen LogP contribution in [0.4, 0.5) is 5.69 Å². The van der Waals surface area contributed by atoms with Crippen LogP contribution in [0, 0.1) is 23.2 Å². The van der Waals surface area contributed by atoms with Gasteiger partial charge in [-0.05, 0) is 54.2 Å². The zero-order valence-corrected chi connectivity index (χ0v) is 20.2. The Morgan fingerprint density at radius 2 is 1.62 bits per heavy atom. The molecular formula is C26H32N4O3S. The second kappa shape index (κ2) is 11.0. The van der Waals surface area contributed by atoms with E-state index >= 15 is 0 Å². The highest BCUT2D eigenvalue weighted by atomic mass is 32.2. The van der Waals surface area contributed by atoms with Crippen LogP contribution in [0.5, 0.6) is 0 Å². The van der Waals surface area contributed by atoms with Crippen LogP contribution < -0.4 is 15.5 Å². The number of nitrogens with zero attached hydrogens (tertiary/aromatic N) is 2. The maximum absolute atomic E-state index is 13.2. The molecule has 1 aliphatic carbocycles. The first kappa shape index (κ1) is 24.2. The highest BCUT2D eigenvalue weighted by molar-refractivity contribution is 7.91. The number of hydrogen-bond acceptors (Lipinski definition) is 6. The van der Waals surface area contributed by atoms with E-state index < -0.39 is 9.84 Å². The third-order valence-electron chi connectivity index (χ3n) is 6.92. The lowest BCUT2D eigenvalue weighted by Gasteiger charge is -2.30. The van der Waals surface area contributed by atoms with Crippen LogP contribution in [-0.4, -0.2) is 52.8 Å². The Balaban J connectivity index is 1.44. The first-order valence-corrected chi connectivity index (χ1v) is 13.7. The molecule has 2 atom stereocenters. The molecule has 2 N–H and O–H groups in total. The molecule has 2 fully saturated rings. The van der Waals surface area contributed by atoms with Crippen molar-refractivity contribution in [3.63, 3.8) is 0 Å². The summed E-state index contributed by atoms with van der Waals surface area (Å²) in [4.78, 5) is 15.1. The topological polar surface area (TPSA) is 102 Å². The summed E-state index contributed by atoms with van der Waals surface area (Å²) in [5.41, 5.74) is 3.21. The minimum Gasteiger partial charge on any atom is -0.369 e. The Morgan fingerprint density at radius 3 is 2.26 bits per heavy atom. The number of anilines is 1. The summed E-state index contributed by atoms with van der Waals surface area (Å²) in [5.74, 6) is -0.836. The largest absolute Gasteiger partial charge is 0.369 e. The summed E-state index contributed by atoms with van der Waals surface area (Å²) < 4.78 is 26.3. The quantitative estimate of drug-likeness (QED) is 0.591. The molecule has 1 aliphatic heterocycles. The molecule has 1 heterocycles. The Bertz CT molecular complexity index is 1120. The Hall–Kier alpha value is -2.89. The molecule has 4 rings (SSSR count). The highest BCUT2D eigenvalue weighted by Crippen LogP contribution is 2.33. The SMILES string of the molecule is N#CCNC(=O)[C@@H]1CCCC[C@H]1CS(=O)(=O)c1ccc(-c2ccc(N3CCNCC3)cc2)cc1. The molecule has 0 aromatic heterocycles. The molecule has 2 aliphatic rings. The summed E-state index contributed by atoms with van der Waals surface area (Å²) in [7, 11) is -3.52. The second-order valence-corrected chi connectivity index (χ2v) is 11.2. The van der Waals surface area contributed by atoms with Crippen molar-refractivity contribution in [3.05, 3.63) is 48.5 Å². The van der Waals surface area contributed by atoms with Crippen molar-refractivity contribution in [1.82, 2.24) is 10.6 Å². The van der Waals surface area contributed by atoms with Crippen LogP contribution in [0.15, 0.2) is 53.4 Å². The van der Waals surface area contributed by atoms with Crippen molar-refractivity contribution < 1.29 is 13.2 Å². The molecule has 2 aromatic rings. The standard InChI is InChI=1S/C26H32N4O3S/c27-13-14-29-26(31)25-4-2-1-3-22(25)19-34(32,33)24-11-7-21(8-12-24)20-5-9-23(10-6-20)30-17-15-28-16-18-30/h5-12,22,25,28H,1-4,14-19H2,(H,29,31)/t22-,25+/m0/s1. The fourth-order valence-corrected chi connectivity index (χ4v) is 6.74. The van der Waals surface area contributed by atoms with E-state index in [0.29, 0.717) is 12.8 Å². The minimum atomic E-state index is -3.52. The van der Waals surface area contributed by atoms with E-state index in [9.17, 15) is 13.2 Å². The van der Waals surface area contributed by atoms with E-state index in [0.717, 1.165) is 50.1 Å². The van der Waals surface area contributed by atoms with Gasteiger partial charge in [0.05, 0.1) is 16.7 Å². The van der Waals surface area contributed by atoms with Gasteiger partial charge in [0.1, 0.15) is 6.54 Å². The monoisotopic (exact) mass is 480 g/mol. The smallest absolute Gasteiger partial charge is 0.224 e. The number of sulfone groups is 1. The van der Waals surface area contributed by atoms with Crippen molar-refractivity contribution in [2.45, 2.75) is 30.6 Å². The fraction of sp³-hybridized carbons (Fsp3) is 0.462. The molecule has 34 heavy (non-hydrogen) atoms. The minimum absolute atomic E-state index is 0.0453. The highest BCUT2D eigenvalue weighted by Gasteiger charge is 2.34. The van der Waals surface area contributed by atoms with Gasteiger partial charge in [-0.3, -0.25) is 4.79 Å². The van der Waals surface area contributed by atoms with E-state index in [1.165, 1.54) is 5.69 Å². The van der Waals surface area contributed by atoms with E-state index in [-0.39, 0.29) is 34.9 Å². The second-order valence-electron chi connectivity index (χ2n) is 9.12. The molecule has 1 saturated heterocycles. The first-order valence-electron chi connectivity index (χ1n) is 12.0. The maximum atomic E-state index is 13.2. The summed E-state index contributed by atoms with van der Waals surface area (Å²) in [6.07, 6.45) is 3.20. The van der Waals surface area contributed by atoms with Gasteiger partial charge in [-0.25, -0.2) is 8.42 Å². The Kier molecular flexibility index (Phi) is 7.86. The number of nitrogens with one attached hydrogen (secondary N) is 2. The van der Waals surface area contributed by atoms with Crippen molar-refractivity contribution in [3.8, 4) is 17.2 Å². The molecule has 1 amide bonds. The van der Waals surface area contributed by atoms with Gasteiger partial charge in [-0.1, -0.05) is 37.1 Å². The van der Waals surface area contributed by atoms with Crippen LogP contribution in [0.3, 0.4) is 0 Å². The Labute approximate surface area is 202 Å². The Morgan fingerprint density at radius 1 is 1.00 bits per heavy atom. The molecule has 180 valence electrons. The van der Waals surface area contributed by atoms with Crippen molar-refractivity contribution in [2.24, 2.45) is 11.8 Å². The molecule has 0 spiro atoms. The number of nitriles is 1. The fourth-order valence-electron chi connectivity index (χ4n) is 5.03. The van der Waals surface area contributed by atoms with Crippen molar-refractivity contribution in [2.75, 3.05) is 43.4 Å². The van der Waals surface area contributed by atoms with Crippen molar-refractivity contribution in [1.29, 1.82) is 5.26 Å². The zero-order valence-electron chi connectivity index (χ0n) is 19.4. The number of amides is 1. The van der Waals surface area contributed by atoms with Crippen LogP contribution in [0.2, 0.25) is 0 Å². The van der Waals surface area contributed by atoms with Crippen LogP contribution >= 0.6 is 0 Å². The van der Waals surface area contributed by atoms with Gasteiger partial charge >= 0.3 is 0 Å². The predicted octanol–water partition coefficient (Wildman–Crippen LogP) is 2.98. The lowest BCUT2D eigenvalue weighted by atomic mass is 9.80. The van der Waals surface area contributed by atoms with E-state index in [1.54, 1.807) is 12.1 Å². The average Bonchev–Trinajstić information content (AvgIpc) is 2.88. The lowest BCUT2D eigenvalue weighted by molar-refractivity contribution is -0.127. The van der Waals surface area contributed by atoms with Crippen LogP contribution in [0.25, 0.3) is 11.1 Å². The van der Waals surface area contributed by atoms with Gasteiger partial charge in [0.25, 0.3) is 0 Å². The summed E-state index contributed by atoms with van der Waals surface area (Å²) in [6.45, 7) is 3.92. The summed E-state index contributed by atoms with van der Waals surface area (Å²) in [6, 6.07) is 17.3. The van der Waals surface area contributed by atoms with Crippen LogP contribution in [-0.2, 0) is 14.6 Å². The number of hydrogen-bond donors (Lipinski definition) is 2. The molecule has 0 radical (unpaired) electrons. The number of carbonyl (C=O) groups is 1. The summed E-state index contributed by atoms with van der Waals surface area (Å²) >= 11 is 0. The predicted molar refractivity (Wildman–Crippen MR) is 133 cm³/mol. The number of benzene rings is 2. The third-order valence-corrected chi connectivity index (χ3v) is 8.77. The normalized spacial score (nSPS) is 21.0. The molecular weight excluding hydrogens is 448 g/mol. The van der Waals surface area contributed by atoms with E-state index in [4.69, 9.17) is 5.26 Å². The molecule has 0 unspecified atom stereocenters. The van der Waals surface area contributed by atoms with Crippen molar-refractivity contribution >= 4 is 21.4 Å². The van der Waals surface area contributed by atoms with Gasteiger partial charge < -0.3 is 15.5 Å². The lowest BCUT2D eigenvalue weighted by Crippen LogP contribution is -2.43. The average molecular weight is 481 g/mol. The van der Waals surface area contributed by atoms with Gasteiger partial charge in [-0.15, -0.1) is 0 Å². The van der Waals surface area contributed by atoms with Gasteiger partial charge in [0.2, 0.25) is 5.91 Å². The number of piperazine rings is 1. The number of rotatable bonds is 7. The molecule has 8 heteroatoms. The molecule has 7 nitrogen and oxygen atoms in total. The van der Waals surface area contributed by atoms with Gasteiger partial charge in [0.15, 0.2) is 9.84 Å². The van der Waals surface area contributed by atoms with E-state index in [1.807, 2.05) is 18.2 Å². The van der Waals surface area contributed by atoms with E-state index in [2.05, 4.69) is 39.8 Å². The molecule has 1 saturated carbocycles. The number of carbonyl (C=O) groups excluding carboxylic acids is 1. The van der Waals surface area contributed by atoms with Gasteiger partial charge in [0, 0.05) is 37.8 Å². The molecule has 2 aromatic carbocycles.